The zero-order valence-electron chi connectivity index (χ0n) is 21.8. The van der Waals surface area contributed by atoms with Gasteiger partial charge in [-0.05, 0) is 84.7 Å². The predicted molar refractivity (Wildman–Crippen MR) is 150 cm³/mol. The van der Waals surface area contributed by atoms with Crippen molar-refractivity contribution in [3.05, 3.63) is 105 Å². The third-order valence-electron chi connectivity index (χ3n) is 7.54. The maximum atomic E-state index is 13.9. The van der Waals surface area contributed by atoms with Crippen molar-refractivity contribution in [2.75, 3.05) is 0 Å². The molecule has 41 heavy (non-hydrogen) atoms. The SMILES string of the molecule is N=c1n(Cc2cc(C(=O)NC(c3ccc(Cl)c(Cl)c3)C3CC3)cc(-c3cccnc3C(F)(F)F)c2)ccn1C1CC1. The van der Waals surface area contributed by atoms with Crippen molar-refractivity contribution in [2.45, 2.75) is 50.5 Å². The van der Waals surface area contributed by atoms with Crippen molar-refractivity contribution in [1.29, 1.82) is 5.41 Å². The van der Waals surface area contributed by atoms with E-state index in [-0.39, 0.29) is 35.2 Å². The number of halogens is 5. The second kappa shape index (κ2) is 10.7. The molecule has 2 heterocycles. The third kappa shape index (κ3) is 5.92. The van der Waals surface area contributed by atoms with Crippen LogP contribution in [0.4, 0.5) is 13.2 Å². The zero-order valence-corrected chi connectivity index (χ0v) is 23.3. The summed E-state index contributed by atoms with van der Waals surface area (Å²) < 4.78 is 45.3. The van der Waals surface area contributed by atoms with Crippen LogP contribution in [-0.2, 0) is 12.7 Å². The molecule has 6 nitrogen and oxygen atoms in total. The minimum absolute atomic E-state index is 0.120. The molecule has 2 aliphatic carbocycles. The molecule has 2 saturated carbocycles. The first kappa shape index (κ1) is 27.6. The topological polar surface area (TPSA) is 75.7 Å². The number of carbonyl (C=O) groups excluding carboxylic acids is 1. The number of aromatic nitrogens is 3. The van der Waals surface area contributed by atoms with Crippen molar-refractivity contribution in [1.82, 2.24) is 19.4 Å². The Morgan fingerprint density at radius 2 is 1.83 bits per heavy atom. The molecule has 0 radical (unpaired) electrons. The largest absolute Gasteiger partial charge is 0.433 e. The number of benzene rings is 2. The molecular formula is C30H26Cl2F3N5O. The van der Waals surface area contributed by atoms with E-state index in [1.54, 1.807) is 35.0 Å². The van der Waals surface area contributed by atoms with Crippen LogP contribution in [-0.4, -0.2) is 20.0 Å². The highest BCUT2D eigenvalue weighted by molar-refractivity contribution is 6.42. The highest BCUT2D eigenvalue weighted by atomic mass is 35.5. The molecule has 2 fully saturated rings. The molecule has 212 valence electrons. The average Bonchev–Trinajstić information content (AvgIpc) is 3.88. The summed E-state index contributed by atoms with van der Waals surface area (Å²) in [7, 11) is 0. The Morgan fingerprint density at radius 3 is 2.51 bits per heavy atom. The van der Waals surface area contributed by atoms with Crippen LogP contribution >= 0.6 is 23.2 Å². The van der Waals surface area contributed by atoms with Crippen molar-refractivity contribution in [3.8, 4) is 11.1 Å². The highest BCUT2D eigenvalue weighted by Crippen LogP contribution is 2.42. The van der Waals surface area contributed by atoms with Crippen molar-refractivity contribution in [3.63, 3.8) is 0 Å². The number of hydrogen-bond donors (Lipinski definition) is 2. The van der Waals surface area contributed by atoms with Gasteiger partial charge in [-0.1, -0.05) is 35.3 Å². The van der Waals surface area contributed by atoms with Crippen LogP contribution in [0.2, 0.25) is 10.0 Å². The first-order valence-electron chi connectivity index (χ1n) is 13.3. The number of imidazole rings is 1. The van der Waals surface area contributed by atoms with E-state index >= 15 is 0 Å². The van der Waals surface area contributed by atoms with Gasteiger partial charge in [-0.3, -0.25) is 15.2 Å². The van der Waals surface area contributed by atoms with Gasteiger partial charge in [0.25, 0.3) is 5.91 Å². The molecule has 1 atom stereocenters. The first-order valence-corrected chi connectivity index (χ1v) is 14.1. The van der Waals surface area contributed by atoms with Gasteiger partial charge >= 0.3 is 6.18 Å². The first-order chi connectivity index (χ1) is 19.6. The maximum absolute atomic E-state index is 13.9. The number of alkyl halides is 3. The average molecular weight is 600 g/mol. The second-order valence-corrected chi connectivity index (χ2v) is 11.5. The summed E-state index contributed by atoms with van der Waals surface area (Å²) in [5.74, 6) is -0.196. The summed E-state index contributed by atoms with van der Waals surface area (Å²) in [5.41, 5.74) is 1.00. The minimum atomic E-state index is -4.68. The molecule has 1 unspecified atom stereocenters. The smallest absolute Gasteiger partial charge is 0.345 e. The van der Waals surface area contributed by atoms with E-state index in [2.05, 4.69) is 10.3 Å². The fourth-order valence-corrected chi connectivity index (χ4v) is 5.49. The van der Waals surface area contributed by atoms with Gasteiger partial charge in [0.15, 0.2) is 5.69 Å². The van der Waals surface area contributed by atoms with Crippen molar-refractivity contribution >= 4 is 29.1 Å². The van der Waals surface area contributed by atoms with E-state index in [0.29, 0.717) is 27.3 Å². The van der Waals surface area contributed by atoms with Crippen LogP contribution < -0.4 is 10.9 Å². The molecular weight excluding hydrogens is 574 g/mol. The van der Waals surface area contributed by atoms with Crippen molar-refractivity contribution < 1.29 is 18.0 Å². The van der Waals surface area contributed by atoms with Gasteiger partial charge < -0.3 is 14.5 Å². The monoisotopic (exact) mass is 599 g/mol. The standard InChI is InChI=1S/C30H26Cl2F3N5O/c31-24-8-5-19(15-25(24)32)26(18-3-4-18)38-28(41)21-13-17(16-39-10-11-40(29(39)36)22-6-7-22)12-20(14-21)23-2-1-9-37-27(23)30(33,34)35/h1-2,5,8-15,18,22,26,36H,3-4,6-7,16H2,(H,38,41). The Morgan fingerprint density at radius 1 is 1.05 bits per heavy atom. The van der Waals surface area contributed by atoms with Gasteiger partial charge in [0.2, 0.25) is 5.62 Å². The van der Waals surface area contributed by atoms with Crippen LogP contribution in [0.1, 0.15) is 64.9 Å². The Bertz CT molecular complexity index is 1690. The predicted octanol–water partition coefficient (Wildman–Crippen LogP) is 7.42. The van der Waals surface area contributed by atoms with Crippen LogP contribution in [0.15, 0.2) is 67.1 Å². The number of nitrogens with one attached hydrogen (secondary N) is 2. The minimum Gasteiger partial charge on any atom is -0.345 e. The van der Waals surface area contributed by atoms with Gasteiger partial charge in [0, 0.05) is 35.8 Å². The van der Waals surface area contributed by atoms with E-state index in [0.717, 1.165) is 37.4 Å². The number of pyridine rings is 1. The molecule has 0 aliphatic heterocycles. The lowest BCUT2D eigenvalue weighted by atomic mass is 9.97. The molecule has 1 amide bonds. The fourth-order valence-electron chi connectivity index (χ4n) is 5.18. The Kier molecular flexibility index (Phi) is 7.20. The summed E-state index contributed by atoms with van der Waals surface area (Å²) in [4.78, 5) is 17.3. The summed E-state index contributed by atoms with van der Waals surface area (Å²) in [5, 5.41) is 12.4. The number of hydrogen-bond acceptors (Lipinski definition) is 3. The molecule has 11 heteroatoms. The quantitative estimate of drug-likeness (QED) is 0.221. The molecule has 4 aromatic rings. The summed E-state index contributed by atoms with van der Waals surface area (Å²) in [6.07, 6.45) is 3.95. The molecule has 2 N–H and O–H groups in total. The fraction of sp³-hybridized carbons (Fsp3) is 0.300. The van der Waals surface area contributed by atoms with E-state index in [9.17, 15) is 18.0 Å². The summed E-state index contributed by atoms with van der Waals surface area (Å²) in [6, 6.07) is 12.8. The van der Waals surface area contributed by atoms with Crippen LogP contribution in [0.25, 0.3) is 11.1 Å². The van der Waals surface area contributed by atoms with Crippen LogP contribution in [0, 0.1) is 11.3 Å². The van der Waals surface area contributed by atoms with Gasteiger partial charge in [-0.25, -0.2) is 0 Å². The van der Waals surface area contributed by atoms with E-state index in [1.165, 1.54) is 18.2 Å². The zero-order chi connectivity index (χ0) is 28.9. The van der Waals surface area contributed by atoms with E-state index in [4.69, 9.17) is 28.6 Å². The van der Waals surface area contributed by atoms with Gasteiger partial charge in [0.1, 0.15) is 0 Å². The lowest BCUT2D eigenvalue weighted by Crippen LogP contribution is -2.30. The van der Waals surface area contributed by atoms with E-state index < -0.39 is 17.8 Å². The number of nitrogens with zero attached hydrogens (tertiary/aromatic N) is 3. The van der Waals surface area contributed by atoms with Crippen molar-refractivity contribution in [2.24, 2.45) is 5.92 Å². The Hall–Kier alpha value is -3.56. The van der Waals surface area contributed by atoms with E-state index in [1.807, 2.05) is 16.8 Å². The molecule has 0 saturated heterocycles. The summed E-state index contributed by atoms with van der Waals surface area (Å²) in [6.45, 7) is 0.215. The van der Waals surface area contributed by atoms with Crippen LogP contribution in [0.5, 0.6) is 0 Å². The maximum Gasteiger partial charge on any atom is 0.433 e. The Balaban J connectivity index is 1.39. The molecule has 0 bridgehead atoms. The normalized spacial score (nSPS) is 16.0. The number of rotatable bonds is 8. The lowest BCUT2D eigenvalue weighted by Gasteiger charge is -2.20. The lowest BCUT2D eigenvalue weighted by molar-refractivity contribution is -0.140. The molecule has 6 rings (SSSR count). The van der Waals surface area contributed by atoms with Crippen LogP contribution in [0.3, 0.4) is 0 Å². The molecule has 2 aromatic carbocycles. The number of carbonyl (C=O) groups is 1. The summed E-state index contributed by atoms with van der Waals surface area (Å²) >= 11 is 12.3. The number of amides is 1. The molecule has 2 aromatic heterocycles. The molecule has 0 spiro atoms. The highest BCUT2D eigenvalue weighted by Gasteiger charge is 2.36. The Labute approximate surface area is 244 Å². The molecule has 2 aliphatic rings. The van der Waals surface area contributed by atoms with Gasteiger partial charge in [-0.2, -0.15) is 13.2 Å². The van der Waals surface area contributed by atoms with Gasteiger partial charge in [0.05, 0.1) is 22.6 Å². The second-order valence-electron chi connectivity index (χ2n) is 10.7. The third-order valence-corrected chi connectivity index (χ3v) is 8.28. The van der Waals surface area contributed by atoms with Gasteiger partial charge in [-0.15, -0.1) is 0 Å².